The van der Waals surface area contributed by atoms with Crippen molar-refractivity contribution in [1.82, 2.24) is 0 Å². The molecule has 0 aliphatic carbocycles. The van der Waals surface area contributed by atoms with Gasteiger partial charge in [-0.15, -0.1) is 0 Å². The molecule has 0 amide bonds. The van der Waals surface area contributed by atoms with E-state index in [2.05, 4.69) is 0 Å². The van der Waals surface area contributed by atoms with Crippen LogP contribution in [-0.2, 0) is 0 Å². The smallest absolute Gasteiger partial charge is 0.134 e. The summed E-state index contributed by atoms with van der Waals surface area (Å²) in [5, 5.41) is 10.1. The Hall–Kier alpha value is -0.960. The Balaban J connectivity index is 2.98. The molecule has 1 aromatic rings. The number of aliphatic hydroxyl groups excluding tert-OH is 1. The fraction of sp³-hybridized carbons (Fsp3) is 0.600. The Labute approximate surface area is 108 Å². The average Bonchev–Trinajstić information content (AvgIpc) is 2.22. The SMILES string of the molecule is Cc1ccc(F)c(C(O)CC(C)C(C)(C)C)c1F. The van der Waals surface area contributed by atoms with E-state index in [9.17, 15) is 13.9 Å². The van der Waals surface area contributed by atoms with Crippen LogP contribution in [0.5, 0.6) is 0 Å². The highest BCUT2D eigenvalue weighted by molar-refractivity contribution is 5.28. The highest BCUT2D eigenvalue weighted by Crippen LogP contribution is 2.35. The number of hydrogen-bond acceptors (Lipinski definition) is 1. The normalized spacial score (nSPS) is 15.6. The molecule has 102 valence electrons. The Morgan fingerprint density at radius 1 is 1.22 bits per heavy atom. The van der Waals surface area contributed by atoms with Crippen LogP contribution in [0.2, 0.25) is 0 Å². The van der Waals surface area contributed by atoms with Crippen molar-refractivity contribution in [1.29, 1.82) is 0 Å². The van der Waals surface area contributed by atoms with Crippen LogP contribution in [0, 0.1) is 29.9 Å². The lowest BCUT2D eigenvalue weighted by Crippen LogP contribution is -2.20. The third kappa shape index (κ3) is 3.29. The third-order valence-electron chi connectivity index (χ3n) is 3.71. The molecule has 1 rings (SSSR count). The lowest BCUT2D eigenvalue weighted by atomic mass is 9.78. The van der Waals surface area contributed by atoms with Gasteiger partial charge in [-0.3, -0.25) is 0 Å². The van der Waals surface area contributed by atoms with Gasteiger partial charge in [0.05, 0.1) is 11.7 Å². The second-order valence-corrected chi connectivity index (χ2v) is 6.11. The van der Waals surface area contributed by atoms with Crippen LogP contribution >= 0.6 is 0 Å². The number of aliphatic hydroxyl groups is 1. The monoisotopic (exact) mass is 256 g/mol. The molecule has 0 saturated heterocycles. The molecular weight excluding hydrogens is 234 g/mol. The van der Waals surface area contributed by atoms with Crippen molar-refractivity contribution in [2.24, 2.45) is 11.3 Å². The number of rotatable bonds is 3. The highest BCUT2D eigenvalue weighted by Gasteiger charge is 2.26. The van der Waals surface area contributed by atoms with E-state index in [-0.39, 0.29) is 16.9 Å². The molecule has 1 aromatic carbocycles. The van der Waals surface area contributed by atoms with Crippen LogP contribution in [0.4, 0.5) is 8.78 Å². The minimum absolute atomic E-state index is 0.00222. The molecule has 3 heteroatoms. The van der Waals surface area contributed by atoms with Gasteiger partial charge in [-0.25, -0.2) is 8.78 Å². The molecule has 1 nitrogen and oxygen atoms in total. The first-order valence-corrected chi connectivity index (χ1v) is 6.27. The molecular formula is C15H22F2O. The van der Waals surface area contributed by atoms with Gasteiger partial charge in [-0.1, -0.05) is 33.8 Å². The lowest BCUT2D eigenvalue weighted by molar-refractivity contribution is 0.104. The fourth-order valence-corrected chi connectivity index (χ4v) is 1.79. The molecule has 0 aliphatic rings. The zero-order valence-corrected chi connectivity index (χ0v) is 11.7. The summed E-state index contributed by atoms with van der Waals surface area (Å²) >= 11 is 0. The van der Waals surface area contributed by atoms with Gasteiger partial charge in [0.1, 0.15) is 11.6 Å². The van der Waals surface area contributed by atoms with Crippen LogP contribution < -0.4 is 0 Å². The molecule has 0 spiro atoms. The van der Waals surface area contributed by atoms with E-state index < -0.39 is 17.7 Å². The van der Waals surface area contributed by atoms with E-state index in [1.807, 2.05) is 27.7 Å². The number of halogens is 2. The van der Waals surface area contributed by atoms with Crippen molar-refractivity contribution >= 4 is 0 Å². The van der Waals surface area contributed by atoms with E-state index in [0.717, 1.165) is 0 Å². The van der Waals surface area contributed by atoms with Gasteiger partial charge in [0, 0.05) is 0 Å². The molecule has 2 unspecified atom stereocenters. The average molecular weight is 256 g/mol. The topological polar surface area (TPSA) is 20.2 Å². The molecule has 0 radical (unpaired) electrons. The van der Waals surface area contributed by atoms with Crippen molar-refractivity contribution in [3.8, 4) is 0 Å². The van der Waals surface area contributed by atoms with Gasteiger partial charge in [0.25, 0.3) is 0 Å². The van der Waals surface area contributed by atoms with Gasteiger partial charge in [-0.2, -0.15) is 0 Å². The summed E-state index contributed by atoms with van der Waals surface area (Å²) in [5.74, 6) is -1.15. The maximum Gasteiger partial charge on any atom is 0.134 e. The largest absolute Gasteiger partial charge is 0.388 e. The van der Waals surface area contributed by atoms with Crippen molar-refractivity contribution < 1.29 is 13.9 Å². The predicted octanol–water partition coefficient (Wildman–Crippen LogP) is 4.38. The van der Waals surface area contributed by atoms with E-state index >= 15 is 0 Å². The maximum atomic E-state index is 13.9. The van der Waals surface area contributed by atoms with E-state index in [1.165, 1.54) is 12.1 Å². The Morgan fingerprint density at radius 2 is 1.78 bits per heavy atom. The first-order valence-electron chi connectivity index (χ1n) is 6.27. The summed E-state index contributed by atoms with van der Waals surface area (Å²) < 4.78 is 27.5. The third-order valence-corrected chi connectivity index (χ3v) is 3.71. The summed E-state index contributed by atoms with van der Waals surface area (Å²) in [6.07, 6.45) is -0.750. The van der Waals surface area contributed by atoms with Crippen LogP contribution in [0.15, 0.2) is 12.1 Å². The van der Waals surface area contributed by atoms with E-state index in [4.69, 9.17) is 0 Å². The van der Waals surface area contributed by atoms with Crippen molar-refractivity contribution in [2.45, 2.75) is 47.1 Å². The van der Waals surface area contributed by atoms with Gasteiger partial charge >= 0.3 is 0 Å². The van der Waals surface area contributed by atoms with Crippen LogP contribution in [0.25, 0.3) is 0 Å². The first kappa shape index (κ1) is 15.1. The molecule has 18 heavy (non-hydrogen) atoms. The second kappa shape index (κ2) is 5.35. The molecule has 0 saturated carbocycles. The standard InChI is InChI=1S/C15H22F2O/c1-9-6-7-11(16)13(14(9)17)12(18)8-10(2)15(3,4)5/h6-7,10,12,18H,8H2,1-5H3. The quantitative estimate of drug-likeness (QED) is 0.851. The number of benzene rings is 1. The summed E-state index contributed by atoms with van der Waals surface area (Å²) in [6.45, 7) is 9.70. The molecule has 0 fully saturated rings. The van der Waals surface area contributed by atoms with Gasteiger partial charge in [0.2, 0.25) is 0 Å². The van der Waals surface area contributed by atoms with Crippen LogP contribution in [-0.4, -0.2) is 5.11 Å². The van der Waals surface area contributed by atoms with Gasteiger partial charge in [-0.05, 0) is 36.3 Å². The Bertz CT molecular complexity index is 421. The van der Waals surface area contributed by atoms with E-state index in [1.54, 1.807) is 6.92 Å². The minimum Gasteiger partial charge on any atom is -0.388 e. The molecule has 0 aromatic heterocycles. The van der Waals surface area contributed by atoms with E-state index in [0.29, 0.717) is 12.0 Å². The molecule has 0 aliphatic heterocycles. The first-order chi connectivity index (χ1) is 8.14. The summed E-state index contributed by atoms with van der Waals surface area (Å²) in [4.78, 5) is 0. The van der Waals surface area contributed by atoms with Crippen molar-refractivity contribution in [3.63, 3.8) is 0 Å². The summed E-state index contributed by atoms with van der Waals surface area (Å²) in [5.41, 5.74) is 0.151. The minimum atomic E-state index is -1.10. The lowest BCUT2D eigenvalue weighted by Gasteiger charge is -2.29. The maximum absolute atomic E-state index is 13.9. The van der Waals surface area contributed by atoms with Crippen molar-refractivity contribution in [2.75, 3.05) is 0 Å². The number of aryl methyl sites for hydroxylation is 1. The van der Waals surface area contributed by atoms with Gasteiger partial charge < -0.3 is 5.11 Å². The second-order valence-electron chi connectivity index (χ2n) is 6.11. The van der Waals surface area contributed by atoms with Crippen LogP contribution in [0.1, 0.15) is 51.3 Å². The predicted molar refractivity (Wildman–Crippen MR) is 69.3 cm³/mol. The van der Waals surface area contributed by atoms with Gasteiger partial charge in [0.15, 0.2) is 0 Å². The molecule has 0 heterocycles. The summed E-state index contributed by atoms with van der Waals surface area (Å²) in [7, 11) is 0. The fourth-order valence-electron chi connectivity index (χ4n) is 1.79. The molecule has 0 bridgehead atoms. The molecule has 1 N–H and O–H groups in total. The number of hydrogen-bond donors (Lipinski definition) is 1. The van der Waals surface area contributed by atoms with Crippen molar-refractivity contribution in [3.05, 3.63) is 34.9 Å². The summed E-state index contributed by atoms with van der Waals surface area (Å²) in [6, 6.07) is 2.59. The Kier molecular flexibility index (Phi) is 4.49. The zero-order chi connectivity index (χ0) is 14.1. The van der Waals surface area contributed by atoms with Crippen LogP contribution in [0.3, 0.4) is 0 Å². The Morgan fingerprint density at radius 3 is 2.28 bits per heavy atom. The molecule has 2 atom stereocenters. The highest BCUT2D eigenvalue weighted by atomic mass is 19.1. The zero-order valence-electron chi connectivity index (χ0n) is 11.7.